The standard InChI is InChI=1S/C14H17BrO2/c1-9-5-12(7-10(2)16)14(13(15)6-9)17-8-11-3-4-11/h5-6,11H,3-4,7-8H2,1-2H3. The van der Waals surface area contributed by atoms with Crippen LogP contribution in [0.2, 0.25) is 0 Å². The molecule has 2 rings (SSSR count). The van der Waals surface area contributed by atoms with Crippen molar-refractivity contribution in [3.63, 3.8) is 0 Å². The number of carbonyl (C=O) groups excluding carboxylic acids is 1. The van der Waals surface area contributed by atoms with E-state index in [2.05, 4.69) is 15.9 Å². The number of benzene rings is 1. The van der Waals surface area contributed by atoms with E-state index in [9.17, 15) is 4.79 Å². The van der Waals surface area contributed by atoms with Crippen LogP contribution in [0.25, 0.3) is 0 Å². The van der Waals surface area contributed by atoms with Gasteiger partial charge < -0.3 is 4.74 Å². The maximum atomic E-state index is 11.3. The van der Waals surface area contributed by atoms with Gasteiger partial charge in [0.25, 0.3) is 0 Å². The van der Waals surface area contributed by atoms with E-state index >= 15 is 0 Å². The lowest BCUT2D eigenvalue weighted by Crippen LogP contribution is -2.05. The quantitative estimate of drug-likeness (QED) is 0.828. The zero-order valence-corrected chi connectivity index (χ0v) is 11.8. The second-order valence-electron chi connectivity index (χ2n) is 4.87. The van der Waals surface area contributed by atoms with Gasteiger partial charge in [0.05, 0.1) is 11.1 Å². The summed E-state index contributed by atoms with van der Waals surface area (Å²) in [5, 5.41) is 0. The number of hydrogen-bond acceptors (Lipinski definition) is 2. The molecule has 1 fully saturated rings. The third-order valence-electron chi connectivity index (χ3n) is 2.86. The van der Waals surface area contributed by atoms with Crippen molar-refractivity contribution in [2.24, 2.45) is 5.92 Å². The fraction of sp³-hybridized carbons (Fsp3) is 0.500. The van der Waals surface area contributed by atoms with E-state index in [1.165, 1.54) is 12.8 Å². The van der Waals surface area contributed by atoms with Gasteiger partial charge in [0.1, 0.15) is 11.5 Å². The first-order valence-corrected chi connectivity index (χ1v) is 6.77. The van der Waals surface area contributed by atoms with Gasteiger partial charge in [-0.1, -0.05) is 6.07 Å². The number of ether oxygens (including phenoxy) is 1. The lowest BCUT2D eigenvalue weighted by Gasteiger charge is -2.13. The molecule has 3 heteroatoms. The minimum absolute atomic E-state index is 0.166. The third kappa shape index (κ3) is 3.56. The van der Waals surface area contributed by atoms with Gasteiger partial charge in [-0.15, -0.1) is 0 Å². The number of Topliss-reactive ketones (excluding diaryl/α,β-unsaturated/α-hetero) is 1. The molecule has 2 nitrogen and oxygen atoms in total. The summed E-state index contributed by atoms with van der Waals surface area (Å²) in [5.74, 6) is 1.73. The van der Waals surface area contributed by atoms with Gasteiger partial charge in [-0.2, -0.15) is 0 Å². The Labute approximate surface area is 110 Å². The highest BCUT2D eigenvalue weighted by molar-refractivity contribution is 9.10. The van der Waals surface area contributed by atoms with Crippen molar-refractivity contribution in [1.29, 1.82) is 0 Å². The van der Waals surface area contributed by atoms with Crippen molar-refractivity contribution in [2.45, 2.75) is 33.1 Å². The summed E-state index contributed by atoms with van der Waals surface area (Å²) in [5.41, 5.74) is 2.14. The summed E-state index contributed by atoms with van der Waals surface area (Å²) in [6.45, 7) is 4.41. The van der Waals surface area contributed by atoms with Crippen LogP contribution in [0.15, 0.2) is 16.6 Å². The maximum Gasteiger partial charge on any atom is 0.137 e. The van der Waals surface area contributed by atoms with Crippen LogP contribution >= 0.6 is 15.9 Å². The Morgan fingerprint density at radius 2 is 2.18 bits per heavy atom. The van der Waals surface area contributed by atoms with Crippen molar-refractivity contribution in [3.8, 4) is 5.75 Å². The zero-order valence-electron chi connectivity index (χ0n) is 10.3. The monoisotopic (exact) mass is 296 g/mol. The Balaban J connectivity index is 2.21. The van der Waals surface area contributed by atoms with E-state index in [1.54, 1.807) is 6.92 Å². The average Bonchev–Trinajstić information content (AvgIpc) is 2.98. The predicted octanol–water partition coefficient (Wildman–Crippen LogP) is 3.68. The lowest BCUT2D eigenvalue weighted by molar-refractivity contribution is -0.116. The fourth-order valence-electron chi connectivity index (χ4n) is 1.85. The van der Waals surface area contributed by atoms with Gasteiger partial charge in [-0.3, -0.25) is 4.79 Å². The van der Waals surface area contributed by atoms with Crippen LogP contribution in [0.5, 0.6) is 5.75 Å². The summed E-state index contributed by atoms with van der Waals surface area (Å²) in [7, 11) is 0. The first kappa shape index (κ1) is 12.6. The lowest BCUT2D eigenvalue weighted by atomic mass is 10.1. The van der Waals surface area contributed by atoms with E-state index in [0.717, 1.165) is 28.0 Å². The minimum Gasteiger partial charge on any atom is -0.492 e. The Kier molecular flexibility index (Phi) is 3.87. The molecule has 1 aliphatic rings. The van der Waals surface area contributed by atoms with Crippen LogP contribution in [0.4, 0.5) is 0 Å². The predicted molar refractivity (Wildman–Crippen MR) is 71.5 cm³/mol. The number of hydrogen-bond donors (Lipinski definition) is 0. The summed E-state index contributed by atoms with van der Waals surface area (Å²) in [6.07, 6.45) is 2.98. The van der Waals surface area contributed by atoms with Crippen molar-refractivity contribution in [1.82, 2.24) is 0 Å². The highest BCUT2D eigenvalue weighted by atomic mass is 79.9. The molecule has 0 aromatic heterocycles. The summed E-state index contributed by atoms with van der Waals surface area (Å²) in [4.78, 5) is 11.3. The van der Waals surface area contributed by atoms with Crippen LogP contribution in [0, 0.1) is 12.8 Å². The number of rotatable bonds is 5. The van der Waals surface area contributed by atoms with E-state index in [-0.39, 0.29) is 5.78 Å². The molecule has 0 atom stereocenters. The van der Waals surface area contributed by atoms with Crippen LogP contribution in [0.1, 0.15) is 30.9 Å². The molecule has 1 aromatic rings. The molecule has 0 radical (unpaired) electrons. The molecule has 17 heavy (non-hydrogen) atoms. The SMILES string of the molecule is CC(=O)Cc1cc(C)cc(Br)c1OCC1CC1. The molecule has 0 aliphatic heterocycles. The number of aryl methyl sites for hydroxylation is 1. The maximum absolute atomic E-state index is 11.3. The Morgan fingerprint density at radius 1 is 1.47 bits per heavy atom. The molecule has 0 unspecified atom stereocenters. The second-order valence-corrected chi connectivity index (χ2v) is 5.72. The fourth-order valence-corrected chi connectivity index (χ4v) is 2.58. The highest BCUT2D eigenvalue weighted by Gasteiger charge is 2.23. The molecule has 0 heterocycles. The molecule has 0 amide bonds. The molecule has 0 bridgehead atoms. The van der Waals surface area contributed by atoms with Gasteiger partial charge in [-0.25, -0.2) is 0 Å². The van der Waals surface area contributed by atoms with Gasteiger partial charge >= 0.3 is 0 Å². The zero-order chi connectivity index (χ0) is 12.4. The summed E-state index contributed by atoms with van der Waals surface area (Å²) >= 11 is 3.52. The molecular formula is C14H17BrO2. The van der Waals surface area contributed by atoms with Gasteiger partial charge in [0.2, 0.25) is 0 Å². The van der Waals surface area contributed by atoms with Crippen molar-refractivity contribution in [2.75, 3.05) is 6.61 Å². The van der Waals surface area contributed by atoms with Gasteiger partial charge in [0, 0.05) is 12.0 Å². The summed E-state index contributed by atoms with van der Waals surface area (Å²) in [6, 6.07) is 4.07. The van der Waals surface area contributed by atoms with Crippen LogP contribution in [-0.2, 0) is 11.2 Å². The normalized spacial score (nSPS) is 14.8. The van der Waals surface area contributed by atoms with Crippen molar-refractivity contribution in [3.05, 3.63) is 27.7 Å². The van der Waals surface area contributed by atoms with E-state index < -0.39 is 0 Å². The third-order valence-corrected chi connectivity index (χ3v) is 3.45. The topological polar surface area (TPSA) is 26.3 Å². The van der Waals surface area contributed by atoms with E-state index in [0.29, 0.717) is 12.3 Å². The Bertz CT molecular complexity index is 436. The Morgan fingerprint density at radius 3 is 2.76 bits per heavy atom. The number of ketones is 1. The number of halogens is 1. The van der Waals surface area contributed by atoms with Crippen molar-refractivity contribution < 1.29 is 9.53 Å². The first-order chi connectivity index (χ1) is 8.06. The minimum atomic E-state index is 0.166. The smallest absolute Gasteiger partial charge is 0.137 e. The molecule has 1 saturated carbocycles. The summed E-state index contributed by atoms with van der Waals surface area (Å²) < 4.78 is 6.80. The van der Waals surface area contributed by atoms with E-state index in [1.807, 2.05) is 19.1 Å². The van der Waals surface area contributed by atoms with Gasteiger partial charge in [-0.05, 0) is 60.2 Å². The molecule has 1 aromatic carbocycles. The Hall–Kier alpha value is -0.830. The second kappa shape index (κ2) is 5.21. The van der Waals surface area contributed by atoms with Crippen LogP contribution in [-0.4, -0.2) is 12.4 Å². The average molecular weight is 297 g/mol. The highest BCUT2D eigenvalue weighted by Crippen LogP contribution is 2.35. The molecule has 0 spiro atoms. The molecule has 92 valence electrons. The molecule has 0 saturated heterocycles. The van der Waals surface area contributed by atoms with E-state index in [4.69, 9.17) is 4.74 Å². The van der Waals surface area contributed by atoms with Crippen LogP contribution in [0.3, 0.4) is 0 Å². The molecule has 1 aliphatic carbocycles. The largest absolute Gasteiger partial charge is 0.492 e. The molecule has 0 N–H and O–H groups in total. The van der Waals surface area contributed by atoms with Crippen LogP contribution < -0.4 is 4.74 Å². The van der Waals surface area contributed by atoms with Crippen molar-refractivity contribution >= 4 is 21.7 Å². The van der Waals surface area contributed by atoms with Gasteiger partial charge in [0.15, 0.2) is 0 Å². The first-order valence-electron chi connectivity index (χ1n) is 5.97. The number of carbonyl (C=O) groups is 1. The molecular weight excluding hydrogens is 280 g/mol.